The topological polar surface area (TPSA) is 134 Å². The van der Waals surface area contributed by atoms with E-state index >= 15 is 0 Å². The summed E-state index contributed by atoms with van der Waals surface area (Å²) < 4.78 is 20.5. The number of anilines is 1. The number of aliphatic hydroxyl groups excluding tert-OH is 2. The van der Waals surface area contributed by atoms with E-state index in [0.717, 1.165) is 13.1 Å². The maximum atomic E-state index is 14.8. The van der Waals surface area contributed by atoms with Crippen LogP contribution in [0, 0.1) is 11.3 Å². The highest BCUT2D eigenvalue weighted by atomic mass is 19.1. The smallest absolute Gasteiger partial charge is 0.352 e. The van der Waals surface area contributed by atoms with Gasteiger partial charge in [0.15, 0.2) is 5.67 Å². The molecule has 20 heavy (non-hydrogen) atoms. The van der Waals surface area contributed by atoms with Crippen molar-refractivity contribution in [2.24, 2.45) is 0 Å². The van der Waals surface area contributed by atoms with Crippen molar-refractivity contribution in [3.63, 3.8) is 0 Å². The maximum absolute atomic E-state index is 14.8. The van der Waals surface area contributed by atoms with Crippen molar-refractivity contribution < 1.29 is 19.3 Å². The van der Waals surface area contributed by atoms with Crippen LogP contribution in [0.5, 0.6) is 0 Å². The number of nitriles is 1. The fourth-order valence-corrected chi connectivity index (χ4v) is 2.22. The number of nitrogens with zero attached hydrogens (tertiary/aromatic N) is 3. The highest BCUT2D eigenvalue weighted by Crippen LogP contribution is 2.45. The predicted molar refractivity (Wildman–Crippen MR) is 64.0 cm³/mol. The van der Waals surface area contributed by atoms with Gasteiger partial charge in [-0.1, -0.05) is 0 Å². The molecule has 0 unspecified atom stereocenters. The first-order chi connectivity index (χ1) is 9.30. The van der Waals surface area contributed by atoms with E-state index < -0.39 is 35.9 Å². The van der Waals surface area contributed by atoms with Gasteiger partial charge in [-0.2, -0.15) is 10.2 Å². The zero-order chi connectivity index (χ0) is 15.1. The molecule has 0 radical (unpaired) electrons. The van der Waals surface area contributed by atoms with Gasteiger partial charge in [-0.25, -0.2) is 9.18 Å². The third-order valence-corrected chi connectivity index (χ3v) is 3.39. The number of nitrogen functional groups attached to an aromatic ring is 1. The summed E-state index contributed by atoms with van der Waals surface area (Å²) in [4.78, 5) is 15.2. The molecule has 108 valence electrons. The van der Waals surface area contributed by atoms with Gasteiger partial charge in [-0.15, -0.1) is 0 Å². The van der Waals surface area contributed by atoms with Gasteiger partial charge in [0.25, 0.3) is 5.72 Å². The lowest BCUT2D eigenvalue weighted by molar-refractivity contribution is -0.120. The van der Waals surface area contributed by atoms with Gasteiger partial charge in [-0.3, -0.25) is 4.57 Å². The number of nitrogens with two attached hydrogens (primary N) is 1. The van der Waals surface area contributed by atoms with Crippen LogP contribution in [0.15, 0.2) is 17.1 Å². The molecule has 0 aromatic carbocycles. The average molecular weight is 284 g/mol. The summed E-state index contributed by atoms with van der Waals surface area (Å²) in [5.41, 5.74) is -0.732. The summed E-state index contributed by atoms with van der Waals surface area (Å²) >= 11 is 0. The molecule has 0 aliphatic carbocycles. The van der Waals surface area contributed by atoms with Crippen LogP contribution in [0.2, 0.25) is 0 Å². The zero-order valence-corrected chi connectivity index (χ0v) is 10.5. The molecule has 1 aromatic heterocycles. The molecule has 1 fully saturated rings. The molecular weight excluding hydrogens is 271 g/mol. The average Bonchev–Trinajstić information content (AvgIpc) is 2.59. The molecule has 1 saturated heterocycles. The van der Waals surface area contributed by atoms with Gasteiger partial charge in [0.2, 0.25) is 0 Å². The Morgan fingerprint density at radius 3 is 2.85 bits per heavy atom. The third kappa shape index (κ3) is 1.70. The highest BCUT2D eigenvalue weighted by Gasteiger charge is 2.66. The summed E-state index contributed by atoms with van der Waals surface area (Å²) in [7, 11) is 0. The number of halogens is 1. The Bertz CT molecular complexity index is 626. The van der Waals surface area contributed by atoms with E-state index in [1.54, 1.807) is 6.07 Å². The SMILES string of the molecule is C[C@@]1(F)[C@H](O)[C@@H](CO)O[C@@]1(C#N)n1ccc(N)nc1=O. The maximum Gasteiger partial charge on any atom is 0.352 e. The van der Waals surface area contributed by atoms with Crippen LogP contribution < -0.4 is 11.4 Å². The Hall–Kier alpha value is -2.02. The minimum Gasteiger partial charge on any atom is -0.394 e. The van der Waals surface area contributed by atoms with Crippen molar-refractivity contribution in [1.29, 1.82) is 5.26 Å². The lowest BCUT2D eigenvalue weighted by atomic mass is 9.90. The molecule has 0 spiro atoms. The van der Waals surface area contributed by atoms with Crippen LogP contribution in [0.25, 0.3) is 0 Å². The molecule has 2 heterocycles. The normalized spacial score (nSPS) is 36.8. The Kier molecular flexibility index (Phi) is 3.25. The molecular formula is C11H13FN4O4. The fourth-order valence-electron chi connectivity index (χ4n) is 2.22. The number of rotatable bonds is 2. The molecule has 1 aliphatic rings. The van der Waals surface area contributed by atoms with Gasteiger partial charge in [0, 0.05) is 6.20 Å². The summed E-state index contributed by atoms with van der Waals surface area (Å²) in [5.74, 6) is -0.0999. The number of aliphatic hydroxyl groups is 2. The Labute approximate surface area is 112 Å². The second-order valence-electron chi connectivity index (χ2n) is 4.62. The lowest BCUT2D eigenvalue weighted by Crippen LogP contribution is -2.55. The van der Waals surface area contributed by atoms with Crippen LogP contribution in [0.3, 0.4) is 0 Å². The van der Waals surface area contributed by atoms with E-state index in [-0.39, 0.29) is 5.82 Å². The minimum absolute atomic E-state index is 0.0999. The molecule has 9 heteroatoms. The number of aromatic nitrogens is 2. The first-order valence-electron chi connectivity index (χ1n) is 5.72. The molecule has 0 amide bonds. The van der Waals surface area contributed by atoms with Gasteiger partial charge in [0.1, 0.15) is 24.1 Å². The van der Waals surface area contributed by atoms with Gasteiger partial charge in [0.05, 0.1) is 6.61 Å². The lowest BCUT2D eigenvalue weighted by Gasteiger charge is -2.32. The number of hydrogen-bond acceptors (Lipinski definition) is 7. The quantitative estimate of drug-likeness (QED) is 0.600. The van der Waals surface area contributed by atoms with Crippen LogP contribution in [-0.4, -0.2) is 44.2 Å². The molecule has 0 bridgehead atoms. The number of alkyl halides is 1. The predicted octanol–water partition coefficient (Wildman–Crippen LogP) is -1.52. The van der Waals surface area contributed by atoms with Crippen LogP contribution in [0.1, 0.15) is 6.92 Å². The van der Waals surface area contributed by atoms with Crippen LogP contribution in [-0.2, 0) is 10.5 Å². The monoisotopic (exact) mass is 284 g/mol. The van der Waals surface area contributed by atoms with E-state index in [9.17, 15) is 19.6 Å². The summed E-state index contributed by atoms with van der Waals surface area (Å²) in [6.07, 6.45) is -2.07. The molecule has 4 N–H and O–H groups in total. The van der Waals surface area contributed by atoms with Crippen LogP contribution >= 0.6 is 0 Å². The van der Waals surface area contributed by atoms with Crippen molar-refractivity contribution in [3.05, 3.63) is 22.7 Å². The standard InChI is InChI=1S/C11H13FN4O4/c1-10(12)8(18)6(4-17)20-11(10,5-13)16-3-2-7(14)15-9(16)19/h2-3,6,8,17-18H,4H2,1H3,(H2,14,15,19)/t6-,8-,10-,11-/m1/s1. The molecule has 0 saturated carbocycles. The van der Waals surface area contributed by atoms with Crippen molar-refractivity contribution in [1.82, 2.24) is 9.55 Å². The fraction of sp³-hybridized carbons (Fsp3) is 0.545. The largest absolute Gasteiger partial charge is 0.394 e. The van der Waals surface area contributed by atoms with E-state index in [1.165, 1.54) is 6.07 Å². The van der Waals surface area contributed by atoms with Crippen molar-refractivity contribution >= 4 is 5.82 Å². The molecule has 8 nitrogen and oxygen atoms in total. The van der Waals surface area contributed by atoms with Crippen LogP contribution in [0.4, 0.5) is 10.2 Å². The second kappa shape index (κ2) is 4.52. The van der Waals surface area contributed by atoms with Crippen molar-refractivity contribution in [2.45, 2.75) is 30.5 Å². The number of ether oxygens (including phenoxy) is 1. The third-order valence-electron chi connectivity index (χ3n) is 3.39. The Morgan fingerprint density at radius 2 is 2.40 bits per heavy atom. The Balaban J connectivity index is 2.67. The van der Waals surface area contributed by atoms with E-state index in [2.05, 4.69) is 4.98 Å². The number of hydrogen-bond donors (Lipinski definition) is 3. The molecule has 2 rings (SSSR count). The first kappa shape index (κ1) is 14.4. The van der Waals surface area contributed by atoms with E-state index in [0.29, 0.717) is 4.57 Å². The van der Waals surface area contributed by atoms with Crippen molar-refractivity contribution in [3.8, 4) is 6.07 Å². The molecule has 4 atom stereocenters. The zero-order valence-electron chi connectivity index (χ0n) is 10.5. The molecule has 1 aliphatic heterocycles. The molecule has 1 aromatic rings. The van der Waals surface area contributed by atoms with Gasteiger partial charge in [-0.05, 0) is 13.0 Å². The summed E-state index contributed by atoms with van der Waals surface area (Å²) in [6.45, 7) is 0.209. The first-order valence-corrected chi connectivity index (χ1v) is 5.72. The Morgan fingerprint density at radius 1 is 1.75 bits per heavy atom. The minimum atomic E-state index is -2.63. The van der Waals surface area contributed by atoms with Crippen molar-refractivity contribution in [2.75, 3.05) is 12.3 Å². The second-order valence-corrected chi connectivity index (χ2v) is 4.62. The highest BCUT2D eigenvalue weighted by molar-refractivity contribution is 5.26. The van der Waals surface area contributed by atoms with E-state index in [4.69, 9.17) is 15.6 Å². The summed E-state index contributed by atoms with van der Waals surface area (Å²) in [6, 6.07) is 2.75. The summed E-state index contributed by atoms with van der Waals surface area (Å²) in [5, 5.41) is 28.2. The van der Waals surface area contributed by atoms with Gasteiger partial charge >= 0.3 is 5.69 Å². The van der Waals surface area contributed by atoms with E-state index in [1.807, 2.05) is 0 Å². The van der Waals surface area contributed by atoms with Gasteiger partial charge < -0.3 is 20.7 Å².